The van der Waals surface area contributed by atoms with E-state index in [-0.39, 0.29) is 29.7 Å². The predicted octanol–water partition coefficient (Wildman–Crippen LogP) is 2.30. The van der Waals surface area contributed by atoms with E-state index in [1.165, 1.54) is 0 Å². The number of phenols is 1. The molecule has 0 bridgehead atoms. The van der Waals surface area contributed by atoms with Crippen molar-refractivity contribution in [3.63, 3.8) is 0 Å². The summed E-state index contributed by atoms with van der Waals surface area (Å²) in [5.74, 6) is -0.503. The lowest BCUT2D eigenvalue weighted by Crippen LogP contribution is -2.29. The Morgan fingerprint density at radius 2 is 2.05 bits per heavy atom. The van der Waals surface area contributed by atoms with Crippen LogP contribution in [0.25, 0.3) is 6.08 Å². The van der Waals surface area contributed by atoms with Gasteiger partial charge in [0.05, 0.1) is 5.56 Å². The molecule has 0 atom stereocenters. The molecule has 0 saturated heterocycles. The van der Waals surface area contributed by atoms with Crippen LogP contribution in [0.15, 0.2) is 42.5 Å². The summed E-state index contributed by atoms with van der Waals surface area (Å²) >= 11 is 0. The molecule has 102 valence electrons. The normalized spacial score (nSPS) is 13.6. The number of hydrogen-bond acceptors (Lipinski definition) is 3. The molecule has 2 aromatic rings. The number of rotatable bonds is 3. The van der Waals surface area contributed by atoms with Crippen molar-refractivity contribution >= 4 is 17.9 Å². The zero-order valence-corrected chi connectivity index (χ0v) is 11.0. The summed E-state index contributed by atoms with van der Waals surface area (Å²) in [6.07, 6.45) is 3.46. The summed E-state index contributed by atoms with van der Waals surface area (Å²) in [5.41, 5.74) is 1.43. The number of hydrogen-bond donors (Lipinski definition) is 1. The molecule has 0 aliphatic carbocycles. The van der Waals surface area contributed by atoms with Crippen LogP contribution in [0.5, 0.6) is 5.75 Å². The molecule has 0 spiro atoms. The van der Waals surface area contributed by atoms with E-state index in [4.69, 9.17) is 0 Å². The van der Waals surface area contributed by atoms with Gasteiger partial charge >= 0.3 is 0 Å². The fourth-order valence-electron chi connectivity index (χ4n) is 2.20. The lowest BCUT2D eigenvalue weighted by Gasteiger charge is -2.10. The highest BCUT2D eigenvalue weighted by Gasteiger charge is 2.34. The average molecular weight is 277 g/mol. The first-order chi connectivity index (χ1) is 10.2. The van der Waals surface area contributed by atoms with Crippen LogP contribution in [0.3, 0.4) is 0 Å². The minimum atomic E-state index is -0.354. The van der Waals surface area contributed by atoms with E-state index in [0.29, 0.717) is 5.56 Å². The van der Waals surface area contributed by atoms with E-state index in [1.807, 2.05) is 6.07 Å². The van der Waals surface area contributed by atoms with Crippen LogP contribution in [0.4, 0.5) is 0 Å². The minimum Gasteiger partial charge on any atom is -0.508 e. The third-order valence-electron chi connectivity index (χ3n) is 3.20. The molecule has 21 heavy (non-hydrogen) atoms. The highest BCUT2D eigenvalue weighted by Crippen LogP contribution is 2.20. The van der Waals surface area contributed by atoms with Gasteiger partial charge in [-0.05, 0) is 29.8 Å². The van der Waals surface area contributed by atoms with E-state index in [9.17, 15) is 14.7 Å². The largest absolute Gasteiger partial charge is 0.508 e. The number of carbonyl (C=O) groups is 2. The summed E-state index contributed by atoms with van der Waals surface area (Å²) in [5, 5.41) is 9.37. The molecular formula is C17H11NO3. The number of fused-ring (bicyclic) bond motifs is 1. The Bertz CT molecular complexity index is 714. The Balaban J connectivity index is 1.75. The maximum absolute atomic E-state index is 12.1. The summed E-state index contributed by atoms with van der Waals surface area (Å²) in [4.78, 5) is 25.3. The molecule has 1 aliphatic heterocycles. The Morgan fingerprint density at radius 1 is 1.19 bits per heavy atom. The first kappa shape index (κ1) is 12.9. The zero-order valence-electron chi connectivity index (χ0n) is 11.0. The maximum atomic E-state index is 12.1. The standard InChI is InChI=1S/C17H11NO3/c19-13-7-3-5-12(11-13)6-4-10-18-16(20)14-8-1-2-9-15(14)17(18)21/h1,3-8,11,19H,10H2. The van der Waals surface area contributed by atoms with E-state index in [0.717, 1.165) is 10.5 Å². The third kappa shape index (κ3) is 2.37. The second-order valence-electron chi connectivity index (χ2n) is 4.61. The fraction of sp³-hybridized carbons (Fsp3) is 0.0588. The van der Waals surface area contributed by atoms with Crippen LogP contribution in [-0.4, -0.2) is 28.4 Å². The molecule has 1 aliphatic rings. The Hall–Kier alpha value is -3.06. The van der Waals surface area contributed by atoms with Crippen LogP contribution >= 0.6 is 0 Å². The maximum Gasteiger partial charge on any atom is 0.270 e. The van der Waals surface area contributed by atoms with Crippen molar-refractivity contribution in [1.29, 1.82) is 0 Å². The molecule has 2 aromatic carbocycles. The van der Waals surface area contributed by atoms with Gasteiger partial charge in [0.2, 0.25) is 0 Å². The Labute approximate surface area is 121 Å². The molecule has 0 radical (unpaired) electrons. The molecule has 2 amide bonds. The van der Waals surface area contributed by atoms with Gasteiger partial charge in [-0.1, -0.05) is 36.4 Å². The van der Waals surface area contributed by atoms with E-state index in [1.54, 1.807) is 42.5 Å². The number of imide groups is 1. The van der Waals surface area contributed by atoms with Crippen molar-refractivity contribution in [1.82, 2.24) is 4.90 Å². The van der Waals surface area contributed by atoms with Crippen molar-refractivity contribution in [2.24, 2.45) is 0 Å². The monoisotopic (exact) mass is 277 g/mol. The predicted molar refractivity (Wildman–Crippen MR) is 76.6 cm³/mol. The molecule has 3 rings (SSSR count). The van der Waals surface area contributed by atoms with Gasteiger partial charge in [-0.25, -0.2) is 0 Å². The number of phenolic OH excluding ortho intramolecular Hbond substituents is 1. The van der Waals surface area contributed by atoms with Gasteiger partial charge in [0.15, 0.2) is 0 Å². The van der Waals surface area contributed by atoms with Gasteiger partial charge in [-0.15, -0.1) is 0 Å². The summed E-state index contributed by atoms with van der Waals surface area (Å²) in [7, 11) is 0. The molecule has 4 nitrogen and oxygen atoms in total. The fourth-order valence-corrected chi connectivity index (χ4v) is 2.20. The van der Waals surface area contributed by atoms with Gasteiger partial charge < -0.3 is 5.11 Å². The van der Waals surface area contributed by atoms with Gasteiger partial charge in [0.25, 0.3) is 11.8 Å². The van der Waals surface area contributed by atoms with Crippen molar-refractivity contribution in [3.05, 3.63) is 71.3 Å². The molecule has 1 N–H and O–H groups in total. The lowest BCUT2D eigenvalue weighted by molar-refractivity contribution is 0.0672. The van der Waals surface area contributed by atoms with Crippen LogP contribution in [0, 0.1) is 12.1 Å². The van der Waals surface area contributed by atoms with Gasteiger partial charge in [-0.3, -0.25) is 14.5 Å². The number of nitrogens with zero attached hydrogens (tertiary/aromatic N) is 1. The topological polar surface area (TPSA) is 57.6 Å². The summed E-state index contributed by atoms with van der Waals surface area (Å²) < 4.78 is 0. The Kier molecular flexibility index (Phi) is 3.17. The molecule has 4 heteroatoms. The van der Waals surface area contributed by atoms with Crippen molar-refractivity contribution in [3.8, 4) is 5.75 Å². The van der Waals surface area contributed by atoms with Gasteiger partial charge in [0, 0.05) is 6.54 Å². The third-order valence-corrected chi connectivity index (χ3v) is 3.20. The second-order valence-corrected chi connectivity index (χ2v) is 4.61. The van der Waals surface area contributed by atoms with Crippen molar-refractivity contribution in [2.75, 3.05) is 6.54 Å². The quantitative estimate of drug-likeness (QED) is 0.876. The van der Waals surface area contributed by atoms with Crippen molar-refractivity contribution in [2.45, 2.75) is 0 Å². The van der Waals surface area contributed by atoms with Crippen LogP contribution in [0.2, 0.25) is 0 Å². The molecule has 0 fully saturated rings. The van der Waals surface area contributed by atoms with Crippen LogP contribution in [0.1, 0.15) is 26.3 Å². The number of carbonyl (C=O) groups excluding carboxylic acids is 2. The van der Waals surface area contributed by atoms with Crippen LogP contribution in [-0.2, 0) is 0 Å². The zero-order chi connectivity index (χ0) is 14.8. The van der Waals surface area contributed by atoms with E-state index < -0.39 is 0 Å². The summed E-state index contributed by atoms with van der Waals surface area (Å²) in [6, 6.07) is 15.2. The summed E-state index contributed by atoms with van der Waals surface area (Å²) in [6.45, 7) is 0.176. The van der Waals surface area contributed by atoms with Crippen LogP contribution < -0.4 is 0 Å². The molecule has 0 unspecified atom stereocenters. The highest BCUT2D eigenvalue weighted by atomic mass is 16.3. The molecule has 0 saturated carbocycles. The smallest absolute Gasteiger partial charge is 0.270 e. The molecular weight excluding hydrogens is 266 g/mol. The SMILES string of the molecule is O=C1c2c#cccc2C(=O)N1CC=Cc1cccc(O)c1. The van der Waals surface area contributed by atoms with Gasteiger partial charge in [-0.2, -0.15) is 0 Å². The lowest BCUT2D eigenvalue weighted by atomic mass is 10.2. The minimum absolute atomic E-state index is 0.169. The number of aromatic hydroxyl groups is 1. The number of amides is 2. The number of benzene rings is 1. The first-order valence-electron chi connectivity index (χ1n) is 6.41. The first-order valence-corrected chi connectivity index (χ1v) is 6.41. The molecule has 0 aromatic heterocycles. The van der Waals surface area contributed by atoms with E-state index >= 15 is 0 Å². The average Bonchev–Trinajstić information content (AvgIpc) is 2.73. The van der Waals surface area contributed by atoms with Crippen molar-refractivity contribution < 1.29 is 14.7 Å². The van der Waals surface area contributed by atoms with E-state index in [2.05, 4.69) is 12.1 Å². The molecule has 1 heterocycles. The highest BCUT2D eigenvalue weighted by molar-refractivity contribution is 6.21. The van der Waals surface area contributed by atoms with Gasteiger partial charge in [0.1, 0.15) is 11.3 Å². The second kappa shape index (κ2) is 5.14. The Morgan fingerprint density at radius 3 is 2.81 bits per heavy atom.